The Hall–Kier alpha value is -0.580. The number of alkyl halides is 3. The molecule has 0 atom stereocenters. The summed E-state index contributed by atoms with van der Waals surface area (Å²) in [7, 11) is 0. The van der Waals surface area contributed by atoms with Crippen LogP contribution >= 0.6 is 0 Å². The number of hydrogen-bond donors (Lipinski definition) is 0. The maximum atomic E-state index is 11.8. The summed E-state index contributed by atoms with van der Waals surface area (Å²) in [5, 5.41) is 0. The minimum atomic E-state index is -4.18. The first-order valence-electron chi connectivity index (χ1n) is 4.93. The van der Waals surface area contributed by atoms with Crippen molar-refractivity contribution < 1.29 is 22.7 Å². The van der Waals surface area contributed by atoms with Crippen molar-refractivity contribution in [2.75, 3.05) is 6.61 Å². The molecule has 15 heavy (non-hydrogen) atoms. The number of ketones is 1. The van der Waals surface area contributed by atoms with Crippen LogP contribution in [0.15, 0.2) is 0 Å². The van der Waals surface area contributed by atoms with E-state index in [1.807, 2.05) is 0 Å². The number of halogens is 3. The first-order valence-corrected chi connectivity index (χ1v) is 4.93. The van der Waals surface area contributed by atoms with Crippen LogP contribution in [0.25, 0.3) is 0 Å². The third kappa shape index (κ3) is 6.49. The molecule has 0 heterocycles. The van der Waals surface area contributed by atoms with E-state index in [9.17, 15) is 18.0 Å². The summed E-state index contributed by atoms with van der Waals surface area (Å²) in [6, 6.07) is 0. The van der Waals surface area contributed by atoms with Gasteiger partial charge in [0.1, 0.15) is 5.60 Å². The average molecular weight is 226 g/mol. The summed E-state index contributed by atoms with van der Waals surface area (Å²) in [6.07, 6.45) is -5.36. The van der Waals surface area contributed by atoms with Gasteiger partial charge in [0.25, 0.3) is 0 Å². The number of carbonyl (C=O) groups excluding carboxylic acids is 1. The molecule has 0 aliphatic carbocycles. The van der Waals surface area contributed by atoms with Crippen molar-refractivity contribution in [1.29, 1.82) is 0 Å². The Balaban J connectivity index is 3.94. The van der Waals surface area contributed by atoms with Gasteiger partial charge >= 0.3 is 6.18 Å². The van der Waals surface area contributed by atoms with Gasteiger partial charge < -0.3 is 4.74 Å². The molecule has 0 aromatic carbocycles. The maximum Gasteiger partial charge on any atom is 0.389 e. The first-order chi connectivity index (χ1) is 6.69. The number of hydrogen-bond acceptors (Lipinski definition) is 2. The minimum absolute atomic E-state index is 0.0908. The zero-order chi connectivity index (χ0) is 12.1. The molecule has 0 saturated carbocycles. The fourth-order valence-electron chi connectivity index (χ4n) is 1.19. The summed E-state index contributed by atoms with van der Waals surface area (Å²) in [4.78, 5) is 11.4. The smallest absolute Gasteiger partial charge is 0.368 e. The zero-order valence-corrected chi connectivity index (χ0v) is 9.28. The van der Waals surface area contributed by atoms with Crippen LogP contribution in [-0.4, -0.2) is 24.2 Å². The fraction of sp³-hybridized carbons (Fsp3) is 0.900. The lowest BCUT2D eigenvalue weighted by Gasteiger charge is -2.23. The predicted molar refractivity (Wildman–Crippen MR) is 50.6 cm³/mol. The van der Waals surface area contributed by atoms with Gasteiger partial charge in [-0.05, 0) is 27.2 Å². The summed E-state index contributed by atoms with van der Waals surface area (Å²) in [5.41, 5.74) is -0.972. The van der Waals surface area contributed by atoms with E-state index in [1.54, 1.807) is 20.8 Å². The second kappa shape index (κ2) is 5.49. The molecule has 0 radical (unpaired) electrons. The second-order valence-electron chi connectivity index (χ2n) is 3.84. The molecule has 0 aliphatic heterocycles. The van der Waals surface area contributed by atoms with Gasteiger partial charge in [0, 0.05) is 19.4 Å². The Kier molecular flexibility index (Phi) is 5.28. The van der Waals surface area contributed by atoms with Crippen molar-refractivity contribution in [1.82, 2.24) is 0 Å². The molecule has 0 fully saturated rings. The van der Waals surface area contributed by atoms with Gasteiger partial charge in [-0.2, -0.15) is 13.2 Å². The zero-order valence-electron chi connectivity index (χ0n) is 9.28. The highest BCUT2D eigenvalue weighted by atomic mass is 19.4. The molecule has 0 amide bonds. The molecule has 2 nitrogen and oxygen atoms in total. The summed E-state index contributed by atoms with van der Waals surface area (Å²) < 4.78 is 40.6. The van der Waals surface area contributed by atoms with Gasteiger partial charge in [-0.1, -0.05) is 0 Å². The monoisotopic (exact) mass is 226 g/mol. The molecule has 0 aliphatic rings. The molecule has 0 saturated heterocycles. The van der Waals surface area contributed by atoms with E-state index >= 15 is 0 Å². The second-order valence-corrected chi connectivity index (χ2v) is 3.84. The highest BCUT2D eigenvalue weighted by molar-refractivity contribution is 5.86. The van der Waals surface area contributed by atoms with Crippen molar-refractivity contribution in [3.05, 3.63) is 0 Å². The standard InChI is InChI=1S/C10H17F3O2/c1-4-15-9(2,3)8(14)6-5-7-10(11,12)13/h4-7H2,1-3H3. The Labute approximate surface area is 87.8 Å². The van der Waals surface area contributed by atoms with Gasteiger partial charge in [-0.25, -0.2) is 0 Å². The van der Waals surface area contributed by atoms with Crippen molar-refractivity contribution in [2.24, 2.45) is 0 Å². The number of ether oxygens (including phenoxy) is 1. The van der Waals surface area contributed by atoms with E-state index in [0.29, 0.717) is 6.61 Å². The van der Waals surface area contributed by atoms with Crippen LogP contribution in [0.3, 0.4) is 0 Å². The lowest BCUT2D eigenvalue weighted by molar-refractivity contribution is -0.144. The SMILES string of the molecule is CCOC(C)(C)C(=O)CCCC(F)(F)F. The molecule has 0 N–H and O–H groups in total. The molecule has 0 spiro atoms. The van der Waals surface area contributed by atoms with Crippen LogP contribution in [0.2, 0.25) is 0 Å². The van der Waals surface area contributed by atoms with E-state index in [4.69, 9.17) is 4.74 Å². The highest BCUT2D eigenvalue weighted by Crippen LogP contribution is 2.23. The molecule has 0 aromatic rings. The molecule has 0 rings (SSSR count). The Bertz CT molecular complexity index is 209. The van der Waals surface area contributed by atoms with Crippen LogP contribution in [-0.2, 0) is 9.53 Å². The Morgan fingerprint density at radius 1 is 1.27 bits per heavy atom. The summed E-state index contributed by atoms with van der Waals surface area (Å²) in [6.45, 7) is 5.27. The third-order valence-electron chi connectivity index (χ3n) is 2.04. The predicted octanol–water partition coefficient (Wildman–Crippen LogP) is 3.10. The van der Waals surface area contributed by atoms with Crippen molar-refractivity contribution in [3.63, 3.8) is 0 Å². The van der Waals surface area contributed by atoms with Gasteiger partial charge in [0.2, 0.25) is 0 Å². The lowest BCUT2D eigenvalue weighted by atomic mass is 9.98. The van der Waals surface area contributed by atoms with E-state index in [1.165, 1.54) is 0 Å². The summed E-state index contributed by atoms with van der Waals surface area (Å²) >= 11 is 0. The largest absolute Gasteiger partial charge is 0.389 e. The Morgan fingerprint density at radius 2 is 1.80 bits per heavy atom. The van der Waals surface area contributed by atoms with Crippen molar-refractivity contribution in [2.45, 2.75) is 51.8 Å². The van der Waals surface area contributed by atoms with E-state index in [-0.39, 0.29) is 18.6 Å². The van der Waals surface area contributed by atoms with Crippen LogP contribution in [0, 0.1) is 0 Å². The van der Waals surface area contributed by atoms with Crippen LogP contribution in [0.1, 0.15) is 40.0 Å². The number of Topliss-reactive ketones (excluding diaryl/α,β-unsaturated/α-hetero) is 1. The molecule has 5 heteroatoms. The number of carbonyl (C=O) groups is 1. The van der Waals surface area contributed by atoms with E-state index in [2.05, 4.69) is 0 Å². The topological polar surface area (TPSA) is 26.3 Å². The molecule has 0 bridgehead atoms. The molecule has 0 unspecified atom stereocenters. The average Bonchev–Trinajstić information content (AvgIpc) is 2.01. The highest BCUT2D eigenvalue weighted by Gasteiger charge is 2.30. The quantitative estimate of drug-likeness (QED) is 0.695. The molecule has 0 aromatic heterocycles. The summed E-state index contributed by atoms with van der Waals surface area (Å²) in [5.74, 6) is -0.284. The normalized spacial score (nSPS) is 12.9. The van der Waals surface area contributed by atoms with Crippen LogP contribution in [0.5, 0.6) is 0 Å². The fourth-order valence-corrected chi connectivity index (χ4v) is 1.19. The van der Waals surface area contributed by atoms with Gasteiger partial charge in [0.05, 0.1) is 0 Å². The number of rotatable bonds is 6. The van der Waals surface area contributed by atoms with Crippen molar-refractivity contribution >= 4 is 5.78 Å². The maximum absolute atomic E-state index is 11.8. The third-order valence-corrected chi connectivity index (χ3v) is 2.04. The molecule has 90 valence electrons. The van der Waals surface area contributed by atoms with Crippen LogP contribution < -0.4 is 0 Å². The molecular weight excluding hydrogens is 209 g/mol. The van der Waals surface area contributed by atoms with Crippen LogP contribution in [0.4, 0.5) is 13.2 Å². The van der Waals surface area contributed by atoms with Gasteiger partial charge in [-0.3, -0.25) is 4.79 Å². The lowest BCUT2D eigenvalue weighted by Crippen LogP contribution is -2.35. The van der Waals surface area contributed by atoms with Gasteiger partial charge in [-0.15, -0.1) is 0 Å². The van der Waals surface area contributed by atoms with E-state index in [0.717, 1.165) is 0 Å². The first kappa shape index (κ1) is 14.4. The van der Waals surface area contributed by atoms with E-state index < -0.39 is 18.2 Å². The minimum Gasteiger partial charge on any atom is -0.368 e. The van der Waals surface area contributed by atoms with Crippen molar-refractivity contribution in [3.8, 4) is 0 Å². The Morgan fingerprint density at radius 3 is 2.20 bits per heavy atom. The van der Waals surface area contributed by atoms with Gasteiger partial charge in [0.15, 0.2) is 5.78 Å². The molecular formula is C10H17F3O2.